The van der Waals surface area contributed by atoms with Gasteiger partial charge in [-0.1, -0.05) is 11.8 Å². The minimum Gasteiger partial charge on any atom is -0.481 e. The fraction of sp³-hybridized carbons (Fsp3) is 0.480. The lowest BCUT2D eigenvalue weighted by Crippen LogP contribution is -2.47. The van der Waals surface area contributed by atoms with Gasteiger partial charge >= 0.3 is 6.09 Å². The van der Waals surface area contributed by atoms with Crippen molar-refractivity contribution in [2.45, 2.75) is 52.2 Å². The predicted molar refractivity (Wildman–Crippen MR) is 138 cm³/mol. The average Bonchev–Trinajstić information content (AvgIpc) is 2.84. The normalized spacial score (nSPS) is 11.4. The number of nitrogens with zero attached hydrogens (tertiary/aromatic N) is 4. The van der Waals surface area contributed by atoms with Crippen molar-refractivity contribution < 1.29 is 19.1 Å². The van der Waals surface area contributed by atoms with Gasteiger partial charge in [-0.25, -0.2) is 14.8 Å². The largest absolute Gasteiger partial charge is 0.481 e. The molecule has 0 spiro atoms. The fourth-order valence-electron chi connectivity index (χ4n) is 2.81. The SMILES string of the molecule is CNc1nc(Nc2ccnc(OC)c2)ncc1C#CCCCNC(=O)[C@H](C)N(C)C(=O)OC(C)(C)C. The molecule has 2 heterocycles. The van der Waals surface area contributed by atoms with Gasteiger partial charge in [-0.3, -0.25) is 9.69 Å². The number of amides is 2. The van der Waals surface area contributed by atoms with E-state index in [2.05, 4.69) is 42.7 Å². The number of hydrogen-bond acceptors (Lipinski definition) is 9. The van der Waals surface area contributed by atoms with Crippen molar-refractivity contribution in [2.75, 3.05) is 38.4 Å². The van der Waals surface area contributed by atoms with Crippen molar-refractivity contribution in [3.8, 4) is 17.7 Å². The van der Waals surface area contributed by atoms with Crippen molar-refractivity contribution in [3.05, 3.63) is 30.1 Å². The molecule has 0 aliphatic heterocycles. The number of carbonyl (C=O) groups is 2. The summed E-state index contributed by atoms with van der Waals surface area (Å²) in [6.45, 7) is 7.43. The van der Waals surface area contributed by atoms with Gasteiger partial charge in [-0.2, -0.15) is 4.98 Å². The number of nitrogens with one attached hydrogen (secondary N) is 3. The first-order valence-electron chi connectivity index (χ1n) is 11.6. The van der Waals surface area contributed by atoms with E-state index in [4.69, 9.17) is 9.47 Å². The second-order valence-electron chi connectivity index (χ2n) is 8.88. The summed E-state index contributed by atoms with van der Waals surface area (Å²) in [7, 11) is 4.85. The monoisotopic (exact) mass is 497 g/mol. The summed E-state index contributed by atoms with van der Waals surface area (Å²) in [6, 6.07) is 2.88. The predicted octanol–water partition coefficient (Wildman–Crippen LogP) is 3.17. The molecule has 2 rings (SSSR count). The molecular formula is C25H35N7O4. The quantitative estimate of drug-likeness (QED) is 0.353. The Morgan fingerprint density at radius 3 is 2.67 bits per heavy atom. The third-order valence-corrected chi connectivity index (χ3v) is 4.87. The highest BCUT2D eigenvalue weighted by Gasteiger charge is 2.26. The molecule has 0 aromatic carbocycles. The fourth-order valence-corrected chi connectivity index (χ4v) is 2.81. The molecule has 3 N–H and O–H groups in total. The number of unbranched alkanes of at least 4 members (excludes halogenated alkanes) is 1. The molecule has 0 saturated heterocycles. The van der Waals surface area contributed by atoms with E-state index in [1.807, 2.05) is 0 Å². The zero-order chi connectivity index (χ0) is 26.7. The molecule has 11 heteroatoms. The second kappa shape index (κ2) is 13.1. The molecule has 0 saturated carbocycles. The summed E-state index contributed by atoms with van der Waals surface area (Å²) < 4.78 is 10.4. The smallest absolute Gasteiger partial charge is 0.410 e. The number of aromatic nitrogens is 3. The van der Waals surface area contributed by atoms with Crippen LogP contribution in [-0.4, -0.2) is 71.2 Å². The topological polar surface area (TPSA) is 131 Å². The molecule has 11 nitrogen and oxygen atoms in total. The summed E-state index contributed by atoms with van der Waals surface area (Å²) in [5, 5.41) is 8.96. The standard InChI is InChI=1S/C25H35N7O4/c1-17(32(6)24(34)36-25(2,3)4)22(33)28-13-10-8-9-11-18-16-29-23(31-21(18)26-5)30-19-12-14-27-20(15-19)35-7/h12,14-17H,8,10,13H2,1-7H3,(H,28,33)(H2,26,27,29,30,31)/t17-/m0/s1. The maximum absolute atomic E-state index is 12.4. The molecule has 0 aliphatic rings. The van der Waals surface area contributed by atoms with Gasteiger partial charge in [0, 0.05) is 45.0 Å². The van der Waals surface area contributed by atoms with Gasteiger partial charge in [0.2, 0.25) is 17.7 Å². The first kappa shape index (κ1) is 28.2. The van der Waals surface area contributed by atoms with Crippen LogP contribution in [0.15, 0.2) is 24.5 Å². The van der Waals surface area contributed by atoms with E-state index < -0.39 is 17.7 Å². The van der Waals surface area contributed by atoms with Crippen LogP contribution in [0.2, 0.25) is 0 Å². The third kappa shape index (κ3) is 8.94. The number of hydrogen-bond donors (Lipinski definition) is 3. The first-order chi connectivity index (χ1) is 17.0. The van der Waals surface area contributed by atoms with Crippen molar-refractivity contribution in [1.29, 1.82) is 0 Å². The van der Waals surface area contributed by atoms with Crippen LogP contribution in [0.4, 0.5) is 22.2 Å². The van der Waals surface area contributed by atoms with Crippen LogP contribution < -0.4 is 20.7 Å². The minimum atomic E-state index is -0.651. The molecule has 0 bridgehead atoms. The van der Waals surface area contributed by atoms with Crippen LogP contribution in [0.25, 0.3) is 0 Å². The van der Waals surface area contributed by atoms with Crippen LogP contribution >= 0.6 is 0 Å². The molecule has 2 amide bonds. The number of pyridine rings is 1. The molecule has 0 fully saturated rings. The summed E-state index contributed by atoms with van der Waals surface area (Å²) >= 11 is 0. The van der Waals surface area contributed by atoms with Gasteiger partial charge in [0.15, 0.2) is 0 Å². The van der Waals surface area contributed by atoms with E-state index >= 15 is 0 Å². The van der Waals surface area contributed by atoms with Gasteiger partial charge in [-0.15, -0.1) is 0 Å². The van der Waals surface area contributed by atoms with Crippen LogP contribution in [-0.2, 0) is 9.53 Å². The Hall–Kier alpha value is -4.07. The Bertz CT molecular complexity index is 1110. The number of likely N-dealkylation sites (N-methyl/N-ethyl adjacent to an activating group) is 1. The van der Waals surface area contributed by atoms with Gasteiger partial charge in [0.25, 0.3) is 0 Å². The number of methoxy groups -OCH3 is 1. The zero-order valence-electron chi connectivity index (χ0n) is 21.9. The van der Waals surface area contributed by atoms with Crippen LogP contribution in [0, 0.1) is 11.8 Å². The summed E-state index contributed by atoms with van der Waals surface area (Å²) in [4.78, 5) is 38.6. The molecular weight excluding hydrogens is 462 g/mol. The van der Waals surface area contributed by atoms with Crippen LogP contribution in [0.1, 0.15) is 46.1 Å². The van der Waals surface area contributed by atoms with Crippen molar-refractivity contribution in [1.82, 2.24) is 25.2 Å². The Kier molecular flexibility index (Phi) is 10.3. The van der Waals surface area contributed by atoms with Gasteiger partial charge in [0.05, 0.1) is 18.9 Å². The number of carbonyl (C=O) groups excluding carboxylic acids is 2. The Labute approximate surface area is 212 Å². The zero-order valence-corrected chi connectivity index (χ0v) is 21.9. The highest BCUT2D eigenvalue weighted by molar-refractivity contribution is 5.85. The van der Waals surface area contributed by atoms with Gasteiger partial charge in [0.1, 0.15) is 17.5 Å². The van der Waals surface area contributed by atoms with E-state index in [1.165, 1.54) is 4.90 Å². The molecule has 1 atom stereocenters. The van der Waals surface area contributed by atoms with Crippen molar-refractivity contribution >= 4 is 29.5 Å². The van der Waals surface area contributed by atoms with E-state index in [0.29, 0.717) is 42.6 Å². The lowest BCUT2D eigenvalue weighted by Gasteiger charge is -2.28. The van der Waals surface area contributed by atoms with E-state index in [1.54, 1.807) is 73.4 Å². The molecule has 0 aliphatic carbocycles. The van der Waals surface area contributed by atoms with Crippen LogP contribution in [0.5, 0.6) is 5.88 Å². The Morgan fingerprint density at radius 2 is 2.00 bits per heavy atom. The Balaban J connectivity index is 1.84. The lowest BCUT2D eigenvalue weighted by molar-refractivity contribution is -0.125. The van der Waals surface area contributed by atoms with Crippen molar-refractivity contribution in [2.24, 2.45) is 0 Å². The molecule has 2 aromatic heterocycles. The van der Waals surface area contributed by atoms with Gasteiger partial charge < -0.3 is 25.4 Å². The maximum Gasteiger partial charge on any atom is 0.410 e. The van der Waals surface area contributed by atoms with Crippen molar-refractivity contribution in [3.63, 3.8) is 0 Å². The number of ether oxygens (including phenoxy) is 2. The second-order valence-corrected chi connectivity index (χ2v) is 8.88. The summed E-state index contributed by atoms with van der Waals surface area (Å²) in [5.41, 5.74) is 0.784. The summed E-state index contributed by atoms with van der Waals surface area (Å²) in [6.07, 6.45) is 3.95. The molecule has 0 unspecified atom stereocenters. The van der Waals surface area contributed by atoms with Gasteiger partial charge in [-0.05, 0) is 40.2 Å². The van der Waals surface area contributed by atoms with E-state index in [-0.39, 0.29) is 5.91 Å². The number of anilines is 3. The van der Waals surface area contributed by atoms with E-state index in [0.717, 1.165) is 5.69 Å². The number of rotatable bonds is 9. The summed E-state index contributed by atoms with van der Waals surface area (Å²) in [5.74, 6) is 7.37. The third-order valence-electron chi connectivity index (χ3n) is 4.87. The molecule has 36 heavy (non-hydrogen) atoms. The molecule has 194 valence electrons. The minimum absolute atomic E-state index is 0.253. The molecule has 0 radical (unpaired) electrons. The van der Waals surface area contributed by atoms with E-state index in [9.17, 15) is 9.59 Å². The highest BCUT2D eigenvalue weighted by Crippen LogP contribution is 2.19. The maximum atomic E-state index is 12.4. The average molecular weight is 498 g/mol. The molecule has 2 aromatic rings. The van der Waals surface area contributed by atoms with Crippen LogP contribution in [0.3, 0.4) is 0 Å². The first-order valence-corrected chi connectivity index (χ1v) is 11.6. The highest BCUT2D eigenvalue weighted by atomic mass is 16.6. The lowest BCUT2D eigenvalue weighted by atomic mass is 10.2. The Morgan fingerprint density at radius 1 is 1.25 bits per heavy atom.